The molecule has 1 atom stereocenters. The highest BCUT2D eigenvalue weighted by Gasteiger charge is 2.33. The summed E-state index contributed by atoms with van der Waals surface area (Å²) >= 11 is 1.74. The van der Waals surface area contributed by atoms with Crippen molar-refractivity contribution in [2.75, 3.05) is 51.9 Å². The average molecular weight is 343 g/mol. The summed E-state index contributed by atoms with van der Waals surface area (Å²) in [6, 6.07) is 12.9. The van der Waals surface area contributed by atoms with Crippen LogP contribution in [0.15, 0.2) is 36.4 Å². The smallest absolute Gasteiger partial charge is 0.233 e. The fourth-order valence-corrected chi connectivity index (χ4v) is 4.43. The van der Waals surface area contributed by atoms with Crippen LogP contribution in [0.4, 0.5) is 5.69 Å². The van der Waals surface area contributed by atoms with Crippen molar-refractivity contribution in [3.05, 3.63) is 42.0 Å². The Bertz CT molecular complexity index is 744. The van der Waals surface area contributed by atoms with E-state index in [9.17, 15) is 4.79 Å². The van der Waals surface area contributed by atoms with Crippen LogP contribution < -0.4 is 4.90 Å². The van der Waals surface area contributed by atoms with Gasteiger partial charge in [-0.25, -0.2) is 0 Å². The normalized spacial score (nSPS) is 18.0. The van der Waals surface area contributed by atoms with Gasteiger partial charge in [0.05, 0.1) is 5.75 Å². The first-order valence-corrected chi connectivity index (χ1v) is 9.28. The number of anilines is 1. The predicted octanol–water partition coefficient (Wildman–Crippen LogP) is 3.04. The van der Waals surface area contributed by atoms with Crippen LogP contribution in [0.1, 0.15) is 10.9 Å². The molecule has 0 N–H and O–H groups in total. The largest absolute Gasteiger partial charge is 0.377 e. The minimum Gasteiger partial charge on any atom is -0.377 e. The van der Waals surface area contributed by atoms with Crippen molar-refractivity contribution in [1.82, 2.24) is 9.80 Å². The SMILES string of the molecule is CN(C)CCN1C(=O)CSC1c1ccc(N(C)C)c2ccccc12. The summed E-state index contributed by atoms with van der Waals surface area (Å²) in [5.74, 6) is 0.814. The molecular weight excluding hydrogens is 318 g/mol. The highest BCUT2D eigenvalue weighted by Crippen LogP contribution is 2.42. The van der Waals surface area contributed by atoms with Crippen molar-refractivity contribution in [1.29, 1.82) is 0 Å². The minimum absolute atomic E-state index is 0.110. The lowest BCUT2D eigenvalue weighted by molar-refractivity contribution is -0.128. The third kappa shape index (κ3) is 3.23. The molecule has 3 rings (SSSR count). The van der Waals surface area contributed by atoms with Crippen LogP contribution in [-0.4, -0.2) is 62.7 Å². The van der Waals surface area contributed by atoms with Crippen LogP contribution in [0.25, 0.3) is 10.8 Å². The minimum atomic E-state index is 0.110. The number of carbonyl (C=O) groups is 1. The van der Waals surface area contributed by atoms with Crippen molar-refractivity contribution in [2.45, 2.75) is 5.37 Å². The van der Waals surface area contributed by atoms with Crippen LogP contribution in [0, 0.1) is 0 Å². The number of fused-ring (bicyclic) bond motifs is 1. The van der Waals surface area contributed by atoms with Crippen molar-refractivity contribution >= 4 is 34.1 Å². The number of carbonyl (C=O) groups excluding carboxylic acids is 1. The molecule has 0 aromatic heterocycles. The monoisotopic (exact) mass is 343 g/mol. The maximum atomic E-state index is 12.4. The Morgan fingerprint density at radius 1 is 1.08 bits per heavy atom. The molecule has 0 bridgehead atoms. The van der Waals surface area contributed by atoms with Crippen molar-refractivity contribution in [2.24, 2.45) is 0 Å². The van der Waals surface area contributed by atoms with Crippen molar-refractivity contribution < 1.29 is 4.79 Å². The fourth-order valence-electron chi connectivity index (χ4n) is 3.17. The summed E-state index contributed by atoms with van der Waals surface area (Å²) in [7, 11) is 8.23. The topological polar surface area (TPSA) is 26.8 Å². The molecule has 128 valence electrons. The molecule has 1 heterocycles. The lowest BCUT2D eigenvalue weighted by atomic mass is 10.0. The van der Waals surface area contributed by atoms with Gasteiger partial charge in [0, 0.05) is 38.3 Å². The average Bonchev–Trinajstić information content (AvgIpc) is 2.92. The first kappa shape index (κ1) is 17.1. The second-order valence-electron chi connectivity index (χ2n) is 6.67. The molecule has 2 aromatic rings. The van der Waals surface area contributed by atoms with E-state index in [-0.39, 0.29) is 11.3 Å². The molecule has 5 heteroatoms. The number of hydrogen-bond donors (Lipinski definition) is 0. The van der Waals surface area contributed by atoms with E-state index in [1.807, 2.05) is 19.0 Å². The number of thioether (sulfide) groups is 1. The number of amides is 1. The van der Waals surface area contributed by atoms with Gasteiger partial charge in [-0.3, -0.25) is 4.79 Å². The molecule has 24 heavy (non-hydrogen) atoms. The number of likely N-dealkylation sites (N-methyl/N-ethyl adjacent to an activating group) is 1. The molecule has 1 saturated heterocycles. The van der Waals surface area contributed by atoms with Crippen LogP contribution >= 0.6 is 11.8 Å². The quantitative estimate of drug-likeness (QED) is 0.834. The van der Waals surface area contributed by atoms with Crippen molar-refractivity contribution in [3.63, 3.8) is 0 Å². The van der Waals surface area contributed by atoms with Gasteiger partial charge >= 0.3 is 0 Å². The van der Waals surface area contributed by atoms with E-state index < -0.39 is 0 Å². The molecule has 2 aromatic carbocycles. The van der Waals surface area contributed by atoms with E-state index in [1.165, 1.54) is 22.0 Å². The van der Waals surface area contributed by atoms with Gasteiger partial charge in [-0.05, 0) is 31.1 Å². The van der Waals surface area contributed by atoms with E-state index in [4.69, 9.17) is 0 Å². The molecule has 0 spiro atoms. The van der Waals surface area contributed by atoms with Gasteiger partial charge in [0.25, 0.3) is 0 Å². The number of nitrogens with zero attached hydrogens (tertiary/aromatic N) is 3. The molecule has 0 saturated carbocycles. The first-order valence-electron chi connectivity index (χ1n) is 8.24. The van der Waals surface area contributed by atoms with Crippen LogP contribution in [-0.2, 0) is 4.79 Å². The molecule has 4 nitrogen and oxygen atoms in total. The van der Waals surface area contributed by atoms with E-state index in [0.717, 1.165) is 13.1 Å². The van der Waals surface area contributed by atoms with Gasteiger partial charge in [0.15, 0.2) is 0 Å². The zero-order valence-corrected chi connectivity index (χ0v) is 15.6. The summed E-state index contributed by atoms with van der Waals surface area (Å²) in [4.78, 5) is 18.7. The molecule has 1 unspecified atom stereocenters. The third-order valence-electron chi connectivity index (χ3n) is 4.44. The Morgan fingerprint density at radius 3 is 2.46 bits per heavy atom. The van der Waals surface area contributed by atoms with Gasteiger partial charge in [-0.2, -0.15) is 0 Å². The van der Waals surface area contributed by atoms with E-state index in [2.05, 4.69) is 60.3 Å². The zero-order valence-electron chi connectivity index (χ0n) is 14.8. The molecule has 0 aliphatic carbocycles. The summed E-state index contributed by atoms with van der Waals surface area (Å²) in [5, 5.41) is 2.59. The standard InChI is InChI=1S/C19H25N3OS/c1-20(2)11-12-22-18(23)13-24-19(22)16-9-10-17(21(3)4)15-8-6-5-7-14(15)16/h5-10,19H,11-13H2,1-4H3. The Balaban J connectivity index is 2.02. The summed E-state index contributed by atoms with van der Waals surface area (Å²) < 4.78 is 0. The molecule has 1 amide bonds. The predicted molar refractivity (Wildman–Crippen MR) is 104 cm³/mol. The number of hydrogen-bond acceptors (Lipinski definition) is 4. The molecule has 1 fully saturated rings. The van der Waals surface area contributed by atoms with E-state index in [0.29, 0.717) is 5.75 Å². The van der Waals surface area contributed by atoms with Gasteiger partial charge in [0.1, 0.15) is 5.37 Å². The Morgan fingerprint density at radius 2 is 1.79 bits per heavy atom. The maximum Gasteiger partial charge on any atom is 0.233 e. The molecule has 1 aliphatic rings. The summed E-state index contributed by atoms with van der Waals surface area (Å²) in [6.07, 6.45) is 0. The van der Waals surface area contributed by atoms with Gasteiger partial charge < -0.3 is 14.7 Å². The van der Waals surface area contributed by atoms with Crippen LogP contribution in [0.2, 0.25) is 0 Å². The zero-order chi connectivity index (χ0) is 17.3. The summed E-state index contributed by atoms with van der Waals surface area (Å²) in [5.41, 5.74) is 2.45. The van der Waals surface area contributed by atoms with E-state index in [1.54, 1.807) is 11.8 Å². The number of benzene rings is 2. The van der Waals surface area contributed by atoms with Gasteiger partial charge in [0.2, 0.25) is 5.91 Å². The lowest BCUT2D eigenvalue weighted by Crippen LogP contribution is -2.34. The Kier molecular flexibility index (Phi) is 5.01. The molecular formula is C19H25N3OS. The van der Waals surface area contributed by atoms with Crippen molar-refractivity contribution in [3.8, 4) is 0 Å². The maximum absolute atomic E-state index is 12.4. The molecule has 0 radical (unpaired) electrons. The fraction of sp³-hybridized carbons (Fsp3) is 0.421. The number of rotatable bonds is 5. The highest BCUT2D eigenvalue weighted by atomic mass is 32.2. The summed E-state index contributed by atoms with van der Waals surface area (Å²) in [6.45, 7) is 1.66. The van der Waals surface area contributed by atoms with Crippen LogP contribution in [0.3, 0.4) is 0 Å². The van der Waals surface area contributed by atoms with Gasteiger partial charge in [-0.1, -0.05) is 30.3 Å². The third-order valence-corrected chi connectivity index (χ3v) is 5.68. The molecule has 1 aliphatic heterocycles. The Hall–Kier alpha value is -1.72. The highest BCUT2D eigenvalue weighted by molar-refractivity contribution is 8.00. The Labute approximate surface area is 148 Å². The van der Waals surface area contributed by atoms with Gasteiger partial charge in [-0.15, -0.1) is 11.8 Å². The second kappa shape index (κ2) is 7.03. The lowest BCUT2D eigenvalue weighted by Gasteiger charge is -2.27. The second-order valence-corrected chi connectivity index (χ2v) is 7.74. The van der Waals surface area contributed by atoms with Crippen LogP contribution in [0.5, 0.6) is 0 Å². The van der Waals surface area contributed by atoms with E-state index >= 15 is 0 Å². The first-order chi connectivity index (χ1) is 11.5.